The summed E-state index contributed by atoms with van der Waals surface area (Å²) in [6.45, 7) is 8.79. The molecular formula is C25H35N3O5S. The molecule has 9 heteroatoms. The van der Waals surface area contributed by atoms with Crippen LogP contribution in [0.4, 0.5) is 5.69 Å². The number of methoxy groups -OCH3 is 1. The van der Waals surface area contributed by atoms with Crippen molar-refractivity contribution in [3.63, 3.8) is 0 Å². The Kier molecular flexibility index (Phi) is 9.09. The third kappa shape index (κ3) is 7.21. The van der Waals surface area contributed by atoms with Gasteiger partial charge in [0.15, 0.2) is 0 Å². The van der Waals surface area contributed by atoms with Crippen molar-refractivity contribution in [3.8, 4) is 5.75 Å². The standard InChI is InChI=1S/C25H35N3O5S/c1-17(2)26-25(30)20(5)27(15-21-10-8-9-18(3)13-21)24(29)16-28(34(7,31)32)22-14-19(4)11-12-23(22)33-6/h8-14,17,20H,15-16H2,1-7H3,(H,26,30). The van der Waals surface area contributed by atoms with Gasteiger partial charge in [0.2, 0.25) is 21.8 Å². The monoisotopic (exact) mass is 489 g/mol. The number of aryl methyl sites for hydroxylation is 2. The van der Waals surface area contributed by atoms with Crippen molar-refractivity contribution < 1.29 is 22.7 Å². The van der Waals surface area contributed by atoms with E-state index >= 15 is 0 Å². The minimum atomic E-state index is -3.84. The Morgan fingerprint density at radius 2 is 1.68 bits per heavy atom. The first-order valence-corrected chi connectivity index (χ1v) is 13.0. The normalized spacial score (nSPS) is 12.2. The predicted octanol–water partition coefficient (Wildman–Crippen LogP) is 3.02. The molecule has 0 radical (unpaired) electrons. The van der Waals surface area contributed by atoms with Crippen LogP contribution < -0.4 is 14.4 Å². The molecular weight excluding hydrogens is 454 g/mol. The van der Waals surface area contributed by atoms with Crippen LogP contribution in [0.25, 0.3) is 0 Å². The van der Waals surface area contributed by atoms with Crippen molar-refractivity contribution in [2.24, 2.45) is 0 Å². The highest BCUT2D eigenvalue weighted by molar-refractivity contribution is 7.92. The highest BCUT2D eigenvalue weighted by Gasteiger charge is 2.31. The van der Waals surface area contributed by atoms with Crippen LogP contribution in [-0.4, -0.2) is 57.1 Å². The Hall–Kier alpha value is -3.07. The van der Waals surface area contributed by atoms with Gasteiger partial charge in [0.05, 0.1) is 19.1 Å². The quantitative estimate of drug-likeness (QED) is 0.554. The van der Waals surface area contributed by atoms with E-state index in [1.807, 2.05) is 52.0 Å². The molecule has 1 unspecified atom stereocenters. The van der Waals surface area contributed by atoms with Crippen LogP contribution in [0.3, 0.4) is 0 Å². The van der Waals surface area contributed by atoms with Gasteiger partial charge in [0, 0.05) is 12.6 Å². The van der Waals surface area contributed by atoms with Crippen molar-refractivity contribution in [2.45, 2.75) is 53.2 Å². The summed E-state index contributed by atoms with van der Waals surface area (Å²) in [6, 6.07) is 11.8. The van der Waals surface area contributed by atoms with E-state index in [1.54, 1.807) is 25.1 Å². The summed E-state index contributed by atoms with van der Waals surface area (Å²) in [5.74, 6) is -0.475. The van der Waals surface area contributed by atoms with Crippen molar-refractivity contribution in [2.75, 3.05) is 24.2 Å². The summed E-state index contributed by atoms with van der Waals surface area (Å²) in [7, 11) is -2.39. The second-order valence-corrected chi connectivity index (χ2v) is 10.7. The summed E-state index contributed by atoms with van der Waals surface area (Å²) in [5, 5.41) is 2.83. The summed E-state index contributed by atoms with van der Waals surface area (Å²) >= 11 is 0. The molecule has 2 aromatic carbocycles. The van der Waals surface area contributed by atoms with Crippen LogP contribution in [0.5, 0.6) is 5.75 Å². The molecule has 34 heavy (non-hydrogen) atoms. The molecule has 0 saturated carbocycles. The molecule has 2 aromatic rings. The van der Waals surface area contributed by atoms with Gasteiger partial charge < -0.3 is 15.0 Å². The zero-order valence-corrected chi connectivity index (χ0v) is 21.8. The van der Waals surface area contributed by atoms with Crippen LogP contribution in [0.15, 0.2) is 42.5 Å². The van der Waals surface area contributed by atoms with Gasteiger partial charge in [0.25, 0.3) is 0 Å². The maximum Gasteiger partial charge on any atom is 0.244 e. The third-order valence-electron chi connectivity index (χ3n) is 5.32. The second-order valence-electron chi connectivity index (χ2n) is 8.79. The van der Waals surface area contributed by atoms with Crippen molar-refractivity contribution >= 4 is 27.5 Å². The van der Waals surface area contributed by atoms with Crippen LogP contribution in [0.2, 0.25) is 0 Å². The molecule has 0 heterocycles. The molecule has 0 bridgehead atoms. The third-order valence-corrected chi connectivity index (χ3v) is 6.44. The SMILES string of the molecule is COc1ccc(C)cc1N(CC(=O)N(Cc1cccc(C)c1)C(C)C(=O)NC(C)C)S(C)(=O)=O. The van der Waals surface area contributed by atoms with Crippen LogP contribution in [-0.2, 0) is 26.2 Å². The first-order valence-electron chi connectivity index (χ1n) is 11.1. The van der Waals surface area contributed by atoms with E-state index in [-0.39, 0.29) is 24.2 Å². The molecule has 8 nitrogen and oxygen atoms in total. The lowest BCUT2D eigenvalue weighted by Crippen LogP contribution is -2.52. The fourth-order valence-corrected chi connectivity index (χ4v) is 4.43. The highest BCUT2D eigenvalue weighted by Crippen LogP contribution is 2.31. The number of nitrogens with zero attached hydrogens (tertiary/aromatic N) is 2. The number of carbonyl (C=O) groups excluding carboxylic acids is 2. The van der Waals surface area contributed by atoms with Gasteiger partial charge in [-0.25, -0.2) is 8.42 Å². The second kappa shape index (κ2) is 11.4. The number of anilines is 1. The van der Waals surface area contributed by atoms with Gasteiger partial charge in [-0.1, -0.05) is 35.9 Å². The van der Waals surface area contributed by atoms with E-state index in [0.29, 0.717) is 5.75 Å². The van der Waals surface area contributed by atoms with Crippen LogP contribution >= 0.6 is 0 Å². The van der Waals surface area contributed by atoms with Gasteiger partial charge in [-0.15, -0.1) is 0 Å². The highest BCUT2D eigenvalue weighted by atomic mass is 32.2. The van der Waals surface area contributed by atoms with Gasteiger partial charge in [0.1, 0.15) is 18.3 Å². The number of benzene rings is 2. The zero-order chi connectivity index (χ0) is 25.6. The largest absolute Gasteiger partial charge is 0.495 e. The summed E-state index contributed by atoms with van der Waals surface area (Å²) in [5.41, 5.74) is 2.95. The summed E-state index contributed by atoms with van der Waals surface area (Å²) in [6.07, 6.45) is 1.04. The van der Waals surface area contributed by atoms with Gasteiger partial charge in [-0.2, -0.15) is 0 Å². The number of ether oxygens (including phenoxy) is 1. The smallest absolute Gasteiger partial charge is 0.244 e. The molecule has 1 atom stereocenters. The van der Waals surface area contributed by atoms with Crippen LogP contribution in [0.1, 0.15) is 37.5 Å². The summed E-state index contributed by atoms with van der Waals surface area (Å²) in [4.78, 5) is 27.8. The van der Waals surface area contributed by atoms with E-state index in [4.69, 9.17) is 4.74 Å². The predicted molar refractivity (Wildman–Crippen MR) is 134 cm³/mol. The maximum absolute atomic E-state index is 13.6. The zero-order valence-electron chi connectivity index (χ0n) is 21.0. The lowest BCUT2D eigenvalue weighted by molar-refractivity contribution is -0.139. The molecule has 1 N–H and O–H groups in total. The molecule has 0 aromatic heterocycles. The van der Waals surface area contributed by atoms with E-state index in [9.17, 15) is 18.0 Å². The molecule has 0 spiro atoms. The number of rotatable bonds is 10. The number of nitrogens with one attached hydrogen (secondary N) is 1. The van der Waals surface area contributed by atoms with E-state index < -0.39 is 28.5 Å². The Balaban J connectivity index is 2.47. The first kappa shape index (κ1) is 27.2. The number of hydrogen-bond acceptors (Lipinski definition) is 5. The minimum absolute atomic E-state index is 0.102. The maximum atomic E-state index is 13.6. The van der Waals surface area contributed by atoms with E-state index in [1.165, 1.54) is 12.0 Å². The Morgan fingerprint density at radius 3 is 2.24 bits per heavy atom. The fraction of sp³-hybridized carbons (Fsp3) is 0.440. The number of carbonyl (C=O) groups is 2. The van der Waals surface area contributed by atoms with Gasteiger partial charge in [-0.3, -0.25) is 13.9 Å². The van der Waals surface area contributed by atoms with Crippen molar-refractivity contribution in [1.29, 1.82) is 0 Å². The van der Waals surface area contributed by atoms with E-state index in [2.05, 4.69) is 5.32 Å². The summed E-state index contributed by atoms with van der Waals surface area (Å²) < 4.78 is 31.9. The first-order chi connectivity index (χ1) is 15.8. The molecule has 0 aliphatic carbocycles. The topological polar surface area (TPSA) is 96.0 Å². The van der Waals surface area contributed by atoms with E-state index in [0.717, 1.165) is 27.3 Å². The molecule has 2 rings (SSSR count). The Morgan fingerprint density at radius 1 is 1.03 bits per heavy atom. The average molecular weight is 490 g/mol. The molecule has 0 saturated heterocycles. The van der Waals surface area contributed by atoms with Crippen molar-refractivity contribution in [1.82, 2.24) is 10.2 Å². The molecule has 0 fully saturated rings. The molecule has 186 valence electrons. The Bertz CT molecular complexity index is 1130. The average Bonchev–Trinajstić information content (AvgIpc) is 2.74. The van der Waals surface area contributed by atoms with Crippen LogP contribution in [0, 0.1) is 13.8 Å². The number of amides is 2. The Labute approximate surface area is 202 Å². The number of hydrogen-bond donors (Lipinski definition) is 1. The van der Waals surface area contributed by atoms with Gasteiger partial charge in [-0.05, 0) is 57.9 Å². The molecule has 0 aliphatic rings. The fourth-order valence-electron chi connectivity index (χ4n) is 3.58. The van der Waals surface area contributed by atoms with Gasteiger partial charge >= 0.3 is 0 Å². The molecule has 2 amide bonds. The van der Waals surface area contributed by atoms with Crippen molar-refractivity contribution in [3.05, 3.63) is 59.2 Å². The molecule has 0 aliphatic heterocycles. The lowest BCUT2D eigenvalue weighted by atomic mass is 10.1. The number of sulfonamides is 1. The lowest BCUT2D eigenvalue weighted by Gasteiger charge is -2.32. The minimum Gasteiger partial charge on any atom is -0.495 e.